The van der Waals surface area contributed by atoms with Gasteiger partial charge in [-0.3, -0.25) is 4.31 Å². The van der Waals surface area contributed by atoms with Crippen molar-refractivity contribution in [3.63, 3.8) is 0 Å². The third-order valence-electron chi connectivity index (χ3n) is 3.93. The number of benzene rings is 1. The number of hydrogen-bond acceptors (Lipinski definition) is 4. The van der Waals surface area contributed by atoms with Crippen LogP contribution in [0.15, 0.2) is 35.7 Å². The highest BCUT2D eigenvalue weighted by Crippen LogP contribution is 2.39. The number of aromatic nitrogens is 2. The number of anilines is 1. The minimum absolute atomic E-state index is 0.216. The Labute approximate surface area is 130 Å². The molecule has 0 saturated heterocycles. The van der Waals surface area contributed by atoms with Crippen LogP contribution in [0.3, 0.4) is 0 Å². The molecule has 0 aliphatic carbocycles. The highest BCUT2D eigenvalue weighted by Gasteiger charge is 2.33. The van der Waals surface area contributed by atoms with Gasteiger partial charge in [-0.05, 0) is 31.4 Å². The standard InChI is InChI=1S/C15H19N3O3S/c1-3-17-11-16-10-14(17)22(19,20)18-9-5-7-12-6-4-8-13(21-2)15(12)18/h4,6,8,10-11H,3,5,7,9H2,1-2H3. The molecule has 0 N–H and O–H groups in total. The first-order valence-electron chi connectivity index (χ1n) is 7.28. The molecule has 0 unspecified atom stereocenters. The molecule has 118 valence electrons. The van der Waals surface area contributed by atoms with Crippen molar-refractivity contribution in [1.82, 2.24) is 9.55 Å². The molecule has 2 aromatic rings. The summed E-state index contributed by atoms with van der Waals surface area (Å²) in [4.78, 5) is 3.98. The van der Waals surface area contributed by atoms with Gasteiger partial charge in [0.1, 0.15) is 5.75 Å². The fourth-order valence-electron chi connectivity index (χ4n) is 2.86. The fourth-order valence-corrected chi connectivity index (χ4v) is 4.57. The van der Waals surface area contributed by atoms with Crippen molar-refractivity contribution in [2.24, 2.45) is 0 Å². The van der Waals surface area contributed by atoms with Crippen LogP contribution in [0.4, 0.5) is 5.69 Å². The average molecular weight is 321 g/mol. The first-order chi connectivity index (χ1) is 10.6. The summed E-state index contributed by atoms with van der Waals surface area (Å²) in [5.74, 6) is 0.586. The van der Waals surface area contributed by atoms with Crippen LogP contribution in [-0.2, 0) is 23.0 Å². The highest BCUT2D eigenvalue weighted by atomic mass is 32.2. The lowest BCUT2D eigenvalue weighted by atomic mass is 10.0. The zero-order chi connectivity index (χ0) is 15.7. The summed E-state index contributed by atoms with van der Waals surface area (Å²) in [6, 6.07) is 5.64. The summed E-state index contributed by atoms with van der Waals surface area (Å²) in [5, 5.41) is 0.216. The van der Waals surface area contributed by atoms with Crippen LogP contribution in [0.1, 0.15) is 18.9 Å². The number of fused-ring (bicyclic) bond motifs is 1. The predicted molar refractivity (Wildman–Crippen MR) is 83.7 cm³/mol. The van der Waals surface area contributed by atoms with Gasteiger partial charge in [0, 0.05) is 13.1 Å². The van der Waals surface area contributed by atoms with Gasteiger partial charge in [0.15, 0.2) is 5.03 Å². The number of sulfonamides is 1. The van der Waals surface area contributed by atoms with Crippen LogP contribution in [0, 0.1) is 0 Å². The molecule has 1 aromatic carbocycles. The second-order valence-corrected chi connectivity index (χ2v) is 6.98. The average Bonchev–Trinajstić information content (AvgIpc) is 3.03. The summed E-state index contributed by atoms with van der Waals surface area (Å²) in [5.41, 5.74) is 1.65. The minimum atomic E-state index is -3.65. The van der Waals surface area contributed by atoms with E-state index in [2.05, 4.69) is 4.98 Å². The van der Waals surface area contributed by atoms with Crippen molar-refractivity contribution in [3.05, 3.63) is 36.3 Å². The molecule has 0 fully saturated rings. The predicted octanol–water partition coefficient (Wildman–Crippen LogP) is 2.05. The van der Waals surface area contributed by atoms with Gasteiger partial charge in [0.25, 0.3) is 10.0 Å². The normalized spacial score (nSPS) is 14.7. The lowest BCUT2D eigenvalue weighted by Crippen LogP contribution is -2.36. The number of ether oxygens (including phenoxy) is 1. The van der Waals surface area contributed by atoms with E-state index in [0.717, 1.165) is 18.4 Å². The molecular formula is C15H19N3O3S. The summed E-state index contributed by atoms with van der Waals surface area (Å²) in [6.07, 6.45) is 4.59. The number of methoxy groups -OCH3 is 1. The summed E-state index contributed by atoms with van der Waals surface area (Å²) < 4.78 is 34.6. The van der Waals surface area contributed by atoms with E-state index in [1.54, 1.807) is 24.1 Å². The molecule has 7 heteroatoms. The van der Waals surface area contributed by atoms with Crippen LogP contribution in [0.5, 0.6) is 5.75 Å². The summed E-state index contributed by atoms with van der Waals surface area (Å²) in [7, 11) is -2.09. The molecular weight excluding hydrogens is 302 g/mol. The number of imidazole rings is 1. The third kappa shape index (κ3) is 2.25. The van der Waals surface area contributed by atoms with Crippen molar-refractivity contribution in [3.8, 4) is 5.75 Å². The van der Waals surface area contributed by atoms with Crippen LogP contribution < -0.4 is 9.04 Å². The number of aryl methyl sites for hydroxylation is 2. The highest BCUT2D eigenvalue weighted by molar-refractivity contribution is 7.92. The molecule has 0 saturated carbocycles. The maximum absolute atomic E-state index is 13.1. The minimum Gasteiger partial charge on any atom is -0.495 e. The molecule has 1 aromatic heterocycles. The molecule has 2 heterocycles. The SMILES string of the molecule is CCn1cncc1S(=O)(=O)N1CCCc2cccc(OC)c21. The molecule has 0 radical (unpaired) electrons. The Bertz CT molecular complexity index is 769. The molecule has 22 heavy (non-hydrogen) atoms. The Morgan fingerprint density at radius 1 is 1.36 bits per heavy atom. The first-order valence-corrected chi connectivity index (χ1v) is 8.72. The summed E-state index contributed by atoms with van der Waals surface area (Å²) >= 11 is 0. The van der Waals surface area contributed by atoms with Gasteiger partial charge in [-0.2, -0.15) is 8.42 Å². The van der Waals surface area contributed by atoms with E-state index in [1.165, 1.54) is 10.5 Å². The number of nitrogens with zero attached hydrogens (tertiary/aromatic N) is 3. The fraction of sp³-hybridized carbons (Fsp3) is 0.400. The second-order valence-electron chi connectivity index (χ2n) is 5.17. The van der Waals surface area contributed by atoms with E-state index < -0.39 is 10.0 Å². The molecule has 3 rings (SSSR count). The molecule has 1 aliphatic heterocycles. The quantitative estimate of drug-likeness (QED) is 0.864. The van der Waals surface area contributed by atoms with Gasteiger partial charge in [0.2, 0.25) is 0 Å². The van der Waals surface area contributed by atoms with Gasteiger partial charge in [0.05, 0.1) is 25.3 Å². The van der Waals surface area contributed by atoms with Crippen LogP contribution in [-0.4, -0.2) is 31.6 Å². The first kappa shape index (κ1) is 14.9. The Morgan fingerprint density at radius 2 is 2.18 bits per heavy atom. The number of hydrogen-bond donors (Lipinski definition) is 0. The van der Waals surface area contributed by atoms with E-state index in [9.17, 15) is 8.42 Å². The van der Waals surface area contributed by atoms with E-state index >= 15 is 0 Å². The topological polar surface area (TPSA) is 64.4 Å². The molecule has 6 nitrogen and oxygen atoms in total. The molecule has 0 spiro atoms. The smallest absolute Gasteiger partial charge is 0.281 e. The van der Waals surface area contributed by atoms with Crippen LogP contribution in [0.2, 0.25) is 0 Å². The van der Waals surface area contributed by atoms with Gasteiger partial charge in [-0.1, -0.05) is 12.1 Å². The largest absolute Gasteiger partial charge is 0.495 e. The van der Waals surface area contributed by atoms with E-state index in [1.807, 2.05) is 19.1 Å². The molecule has 0 bridgehead atoms. The zero-order valence-electron chi connectivity index (χ0n) is 12.7. The summed E-state index contributed by atoms with van der Waals surface area (Å²) in [6.45, 7) is 2.90. The lowest BCUT2D eigenvalue weighted by Gasteiger charge is -2.31. The Hall–Kier alpha value is -2.02. The Morgan fingerprint density at radius 3 is 2.91 bits per heavy atom. The maximum atomic E-state index is 13.1. The second kappa shape index (κ2) is 5.64. The molecule has 0 atom stereocenters. The lowest BCUT2D eigenvalue weighted by molar-refractivity contribution is 0.414. The van der Waals surface area contributed by atoms with Gasteiger partial charge >= 0.3 is 0 Å². The zero-order valence-corrected chi connectivity index (χ0v) is 13.5. The van der Waals surface area contributed by atoms with Crippen molar-refractivity contribution in [2.45, 2.75) is 31.3 Å². The van der Waals surface area contributed by atoms with E-state index in [0.29, 0.717) is 24.5 Å². The molecule has 0 amide bonds. The van der Waals surface area contributed by atoms with Gasteiger partial charge < -0.3 is 9.30 Å². The molecule has 1 aliphatic rings. The van der Waals surface area contributed by atoms with E-state index in [4.69, 9.17) is 4.74 Å². The van der Waals surface area contributed by atoms with Crippen LogP contribution >= 0.6 is 0 Å². The maximum Gasteiger partial charge on any atom is 0.281 e. The Kier molecular flexibility index (Phi) is 3.82. The van der Waals surface area contributed by atoms with Crippen molar-refractivity contribution in [2.75, 3.05) is 18.0 Å². The van der Waals surface area contributed by atoms with Crippen LogP contribution in [0.25, 0.3) is 0 Å². The van der Waals surface area contributed by atoms with Crippen molar-refractivity contribution >= 4 is 15.7 Å². The Balaban J connectivity index is 2.15. The van der Waals surface area contributed by atoms with Crippen molar-refractivity contribution in [1.29, 1.82) is 0 Å². The van der Waals surface area contributed by atoms with Gasteiger partial charge in [-0.25, -0.2) is 4.98 Å². The van der Waals surface area contributed by atoms with Gasteiger partial charge in [-0.15, -0.1) is 0 Å². The number of rotatable bonds is 4. The van der Waals surface area contributed by atoms with E-state index in [-0.39, 0.29) is 5.03 Å². The monoisotopic (exact) mass is 321 g/mol. The third-order valence-corrected chi connectivity index (χ3v) is 5.74. The number of para-hydroxylation sites is 1. The van der Waals surface area contributed by atoms with Crippen molar-refractivity contribution < 1.29 is 13.2 Å².